The number of hydrogen-bond donors (Lipinski definition) is 1. The first-order valence-corrected chi connectivity index (χ1v) is 9.83. The zero-order valence-corrected chi connectivity index (χ0v) is 15.3. The summed E-state index contributed by atoms with van der Waals surface area (Å²) >= 11 is 0. The molecule has 28 heavy (non-hydrogen) atoms. The van der Waals surface area contributed by atoms with Crippen LogP contribution in [0.2, 0.25) is 0 Å². The number of aromatic nitrogens is 3. The molecular formula is C20H15FN4O2S. The third-order valence-corrected chi connectivity index (χ3v) is 5.88. The Morgan fingerprint density at radius 3 is 2.14 bits per heavy atom. The summed E-state index contributed by atoms with van der Waals surface area (Å²) in [6, 6.07) is 20.2. The summed E-state index contributed by atoms with van der Waals surface area (Å²) in [5.41, 5.74) is 7.59. The Bertz CT molecular complexity index is 1220. The van der Waals surface area contributed by atoms with Crippen molar-refractivity contribution in [2.75, 3.05) is 5.73 Å². The van der Waals surface area contributed by atoms with Gasteiger partial charge in [-0.2, -0.15) is 0 Å². The first kappa shape index (κ1) is 17.9. The highest BCUT2D eigenvalue weighted by Gasteiger charge is 2.28. The minimum atomic E-state index is -3.94. The van der Waals surface area contributed by atoms with Crippen LogP contribution in [-0.2, 0) is 9.84 Å². The molecule has 0 aliphatic carbocycles. The van der Waals surface area contributed by atoms with Gasteiger partial charge in [-0.1, -0.05) is 23.4 Å². The number of nitrogen functional groups attached to an aromatic ring is 1. The maximum absolute atomic E-state index is 13.4. The fourth-order valence-electron chi connectivity index (χ4n) is 2.81. The van der Waals surface area contributed by atoms with Gasteiger partial charge in [0.15, 0.2) is 0 Å². The predicted octanol–water partition coefficient (Wildman–Crippen LogP) is 3.49. The third-order valence-electron chi connectivity index (χ3n) is 4.20. The molecule has 8 heteroatoms. The van der Waals surface area contributed by atoms with Crippen molar-refractivity contribution in [2.24, 2.45) is 0 Å². The van der Waals surface area contributed by atoms with E-state index in [4.69, 9.17) is 5.73 Å². The maximum atomic E-state index is 13.4. The number of nitrogens with zero attached hydrogens (tertiary/aromatic N) is 3. The van der Waals surface area contributed by atoms with Crippen LogP contribution in [0.3, 0.4) is 0 Å². The summed E-state index contributed by atoms with van der Waals surface area (Å²) in [5.74, 6) is -0.428. The number of halogens is 1. The molecule has 0 fully saturated rings. The normalized spacial score (nSPS) is 11.5. The monoisotopic (exact) mass is 394 g/mol. The molecule has 4 aromatic rings. The van der Waals surface area contributed by atoms with Crippen molar-refractivity contribution in [3.8, 4) is 16.9 Å². The molecule has 6 nitrogen and oxygen atoms in total. The van der Waals surface area contributed by atoms with E-state index >= 15 is 0 Å². The van der Waals surface area contributed by atoms with Crippen molar-refractivity contribution in [1.82, 2.24) is 15.0 Å². The lowest BCUT2D eigenvalue weighted by Crippen LogP contribution is -2.06. The molecule has 3 aromatic carbocycles. The number of rotatable bonds is 4. The van der Waals surface area contributed by atoms with Gasteiger partial charge in [0.25, 0.3) is 0 Å². The molecule has 0 radical (unpaired) electrons. The minimum Gasteiger partial charge on any atom is -0.399 e. The molecule has 0 spiro atoms. The summed E-state index contributed by atoms with van der Waals surface area (Å²) < 4.78 is 41.2. The summed E-state index contributed by atoms with van der Waals surface area (Å²) in [7, 11) is -3.94. The molecule has 1 aromatic heterocycles. The molecule has 0 saturated carbocycles. The van der Waals surface area contributed by atoms with Crippen LogP contribution >= 0.6 is 0 Å². The fraction of sp³-hybridized carbons (Fsp3) is 0. The largest absolute Gasteiger partial charge is 0.399 e. The van der Waals surface area contributed by atoms with Gasteiger partial charge in [0.1, 0.15) is 11.5 Å². The second kappa shape index (κ2) is 6.90. The van der Waals surface area contributed by atoms with E-state index in [1.807, 2.05) is 0 Å². The summed E-state index contributed by atoms with van der Waals surface area (Å²) in [6.45, 7) is 0. The molecule has 0 aliphatic heterocycles. The van der Waals surface area contributed by atoms with Crippen molar-refractivity contribution in [3.05, 3.63) is 84.7 Å². The molecule has 0 aliphatic rings. The van der Waals surface area contributed by atoms with Crippen LogP contribution in [0, 0.1) is 5.82 Å². The lowest BCUT2D eigenvalue weighted by Gasteiger charge is -2.09. The van der Waals surface area contributed by atoms with Gasteiger partial charge in [-0.15, -0.1) is 5.10 Å². The van der Waals surface area contributed by atoms with Gasteiger partial charge >= 0.3 is 0 Å². The summed E-state index contributed by atoms with van der Waals surface area (Å²) in [5, 5.41) is 7.82. The average Bonchev–Trinajstić information content (AvgIpc) is 3.16. The Morgan fingerprint density at radius 1 is 0.857 bits per heavy atom. The van der Waals surface area contributed by atoms with E-state index in [0.29, 0.717) is 16.9 Å². The summed E-state index contributed by atoms with van der Waals surface area (Å²) in [4.78, 5) is 0.0997. The van der Waals surface area contributed by atoms with Crippen LogP contribution in [0.25, 0.3) is 16.9 Å². The van der Waals surface area contributed by atoms with E-state index in [-0.39, 0.29) is 15.6 Å². The van der Waals surface area contributed by atoms with Crippen molar-refractivity contribution in [1.29, 1.82) is 0 Å². The summed E-state index contributed by atoms with van der Waals surface area (Å²) in [6.07, 6.45) is 0. The molecule has 2 N–H and O–H groups in total. The SMILES string of the molecule is Nc1ccc(-n2nnc(S(=O)(=O)c3ccccc3)c2-c2ccc(F)cc2)cc1. The molecule has 140 valence electrons. The average molecular weight is 394 g/mol. The van der Waals surface area contributed by atoms with E-state index in [1.54, 1.807) is 42.5 Å². The van der Waals surface area contributed by atoms with Crippen molar-refractivity contribution >= 4 is 15.5 Å². The lowest BCUT2D eigenvalue weighted by atomic mass is 10.1. The van der Waals surface area contributed by atoms with E-state index in [0.717, 1.165) is 0 Å². The lowest BCUT2D eigenvalue weighted by molar-refractivity contribution is 0.592. The zero-order valence-electron chi connectivity index (χ0n) is 14.5. The minimum absolute atomic E-state index is 0.0997. The van der Waals surface area contributed by atoms with Crippen molar-refractivity contribution < 1.29 is 12.8 Å². The van der Waals surface area contributed by atoms with E-state index in [9.17, 15) is 12.8 Å². The Morgan fingerprint density at radius 2 is 1.50 bits per heavy atom. The fourth-order valence-corrected chi connectivity index (χ4v) is 4.15. The topological polar surface area (TPSA) is 90.9 Å². The highest BCUT2D eigenvalue weighted by Crippen LogP contribution is 2.31. The van der Waals surface area contributed by atoms with Crippen LogP contribution in [0.1, 0.15) is 0 Å². The van der Waals surface area contributed by atoms with Crippen LogP contribution in [-0.4, -0.2) is 23.4 Å². The molecular weight excluding hydrogens is 379 g/mol. The van der Waals surface area contributed by atoms with Crippen molar-refractivity contribution in [3.63, 3.8) is 0 Å². The zero-order chi connectivity index (χ0) is 19.7. The maximum Gasteiger partial charge on any atom is 0.227 e. The van der Waals surface area contributed by atoms with Gasteiger partial charge < -0.3 is 5.73 Å². The van der Waals surface area contributed by atoms with Gasteiger partial charge in [0, 0.05) is 11.3 Å². The molecule has 0 unspecified atom stereocenters. The third kappa shape index (κ3) is 3.14. The molecule has 0 bridgehead atoms. The highest BCUT2D eigenvalue weighted by molar-refractivity contribution is 7.91. The smallest absolute Gasteiger partial charge is 0.227 e. The Balaban J connectivity index is 1.97. The Labute approximate surface area is 161 Å². The number of hydrogen-bond acceptors (Lipinski definition) is 5. The van der Waals surface area contributed by atoms with Crippen molar-refractivity contribution in [2.45, 2.75) is 9.92 Å². The number of benzene rings is 3. The first-order valence-electron chi connectivity index (χ1n) is 8.34. The highest BCUT2D eigenvalue weighted by atomic mass is 32.2. The molecule has 0 saturated heterocycles. The van der Waals surface area contributed by atoms with Gasteiger partial charge in [-0.25, -0.2) is 17.5 Å². The molecule has 1 heterocycles. The van der Waals surface area contributed by atoms with Crippen LogP contribution < -0.4 is 5.73 Å². The first-order chi connectivity index (χ1) is 13.5. The van der Waals surface area contributed by atoms with Crippen LogP contribution in [0.5, 0.6) is 0 Å². The molecule has 0 amide bonds. The Kier molecular flexibility index (Phi) is 4.40. The van der Waals surface area contributed by atoms with Gasteiger partial charge in [0.2, 0.25) is 14.9 Å². The van der Waals surface area contributed by atoms with Crippen LogP contribution in [0.15, 0.2) is 88.8 Å². The second-order valence-corrected chi connectivity index (χ2v) is 7.93. The van der Waals surface area contributed by atoms with Crippen LogP contribution in [0.4, 0.5) is 10.1 Å². The van der Waals surface area contributed by atoms with E-state index in [2.05, 4.69) is 10.3 Å². The number of nitrogens with two attached hydrogens (primary N) is 1. The standard InChI is InChI=1S/C20H15FN4O2S/c21-15-8-6-14(7-9-15)19-20(28(26,27)18-4-2-1-3-5-18)23-24-25(19)17-12-10-16(22)11-13-17/h1-13H,22H2. The molecule has 0 atom stereocenters. The molecule has 4 rings (SSSR count). The quantitative estimate of drug-likeness (QED) is 0.535. The van der Waals surface area contributed by atoms with E-state index in [1.165, 1.54) is 41.1 Å². The Hall–Kier alpha value is -3.52. The second-order valence-electron chi connectivity index (χ2n) is 6.07. The van der Waals surface area contributed by atoms with Gasteiger partial charge in [-0.05, 0) is 60.7 Å². The predicted molar refractivity (Wildman–Crippen MR) is 103 cm³/mol. The number of sulfone groups is 1. The van der Waals surface area contributed by atoms with E-state index < -0.39 is 15.7 Å². The van der Waals surface area contributed by atoms with Gasteiger partial charge in [-0.3, -0.25) is 0 Å². The van der Waals surface area contributed by atoms with Gasteiger partial charge in [0.05, 0.1) is 10.6 Å². The number of anilines is 1.